The Morgan fingerprint density at radius 1 is 1.03 bits per heavy atom. The highest BCUT2D eigenvalue weighted by molar-refractivity contribution is 5.98. The summed E-state index contributed by atoms with van der Waals surface area (Å²) in [4.78, 5) is 26.8. The second kappa shape index (κ2) is 10.3. The molecule has 2 rings (SSSR count). The Morgan fingerprint density at radius 3 is 2.10 bits per heavy atom. The summed E-state index contributed by atoms with van der Waals surface area (Å²) in [5, 5.41) is 12.2. The SMILES string of the molecule is COc1cc(C(=O)N[C@@H](CO)C(=O)N(C)Cc2ccccc2)cc(OC)c1OC. The highest BCUT2D eigenvalue weighted by Crippen LogP contribution is 2.38. The van der Waals surface area contributed by atoms with Crippen LogP contribution in [0, 0.1) is 0 Å². The van der Waals surface area contributed by atoms with Crippen LogP contribution in [0.5, 0.6) is 17.2 Å². The molecule has 0 aliphatic rings. The first kappa shape index (κ1) is 22.0. The molecule has 8 heteroatoms. The third-order valence-corrected chi connectivity index (χ3v) is 4.35. The Morgan fingerprint density at radius 2 is 1.62 bits per heavy atom. The van der Waals surface area contributed by atoms with E-state index in [1.165, 1.54) is 38.4 Å². The van der Waals surface area contributed by atoms with Crippen LogP contribution >= 0.6 is 0 Å². The predicted octanol–water partition coefficient (Wildman–Crippen LogP) is 1.46. The molecule has 0 fully saturated rings. The molecule has 0 heterocycles. The number of rotatable bonds is 9. The molecule has 0 spiro atoms. The van der Waals surface area contributed by atoms with Crippen LogP contribution in [-0.4, -0.2) is 62.8 Å². The average molecular weight is 402 g/mol. The molecule has 0 saturated heterocycles. The zero-order valence-electron chi connectivity index (χ0n) is 17.0. The monoisotopic (exact) mass is 402 g/mol. The molecule has 0 saturated carbocycles. The smallest absolute Gasteiger partial charge is 0.252 e. The maximum Gasteiger partial charge on any atom is 0.252 e. The molecule has 0 radical (unpaired) electrons. The van der Waals surface area contributed by atoms with Crippen molar-refractivity contribution < 1.29 is 28.9 Å². The fraction of sp³-hybridized carbons (Fsp3) is 0.333. The van der Waals surface area contributed by atoms with Crippen molar-refractivity contribution in [2.45, 2.75) is 12.6 Å². The zero-order valence-corrected chi connectivity index (χ0v) is 17.0. The largest absolute Gasteiger partial charge is 0.493 e. The number of ether oxygens (including phenoxy) is 3. The Kier molecular flexibility index (Phi) is 7.85. The van der Waals surface area contributed by atoms with Crippen LogP contribution in [0.3, 0.4) is 0 Å². The van der Waals surface area contributed by atoms with Crippen molar-refractivity contribution in [3.05, 3.63) is 53.6 Å². The molecule has 2 aromatic carbocycles. The van der Waals surface area contributed by atoms with E-state index in [9.17, 15) is 14.7 Å². The van der Waals surface area contributed by atoms with Gasteiger partial charge in [-0.15, -0.1) is 0 Å². The normalized spacial score (nSPS) is 11.3. The number of hydrogen-bond donors (Lipinski definition) is 2. The topological polar surface area (TPSA) is 97.3 Å². The third kappa shape index (κ3) is 5.39. The quantitative estimate of drug-likeness (QED) is 0.659. The molecule has 2 N–H and O–H groups in total. The van der Waals surface area contributed by atoms with Crippen molar-refractivity contribution in [2.75, 3.05) is 35.0 Å². The summed E-state index contributed by atoms with van der Waals surface area (Å²) >= 11 is 0. The van der Waals surface area contributed by atoms with Crippen LogP contribution in [0.2, 0.25) is 0 Å². The van der Waals surface area contributed by atoms with Gasteiger partial charge in [-0.05, 0) is 17.7 Å². The summed E-state index contributed by atoms with van der Waals surface area (Å²) in [6, 6.07) is 11.3. The van der Waals surface area contributed by atoms with E-state index in [-0.39, 0.29) is 5.56 Å². The summed E-state index contributed by atoms with van der Waals surface area (Å²) in [7, 11) is 5.96. The van der Waals surface area contributed by atoms with Gasteiger partial charge in [0.1, 0.15) is 6.04 Å². The van der Waals surface area contributed by atoms with Crippen molar-refractivity contribution in [2.24, 2.45) is 0 Å². The van der Waals surface area contributed by atoms with E-state index < -0.39 is 24.5 Å². The Bertz CT molecular complexity index is 815. The number of carbonyl (C=O) groups excluding carboxylic acids is 2. The van der Waals surface area contributed by atoms with Crippen molar-refractivity contribution in [1.29, 1.82) is 0 Å². The molecule has 1 atom stereocenters. The van der Waals surface area contributed by atoms with E-state index >= 15 is 0 Å². The standard InChI is InChI=1S/C21H26N2O6/c1-23(12-14-8-6-5-7-9-14)21(26)16(13-24)22-20(25)15-10-17(27-2)19(29-4)18(11-15)28-3/h5-11,16,24H,12-13H2,1-4H3,(H,22,25)/t16-/m0/s1. The van der Waals surface area contributed by atoms with Gasteiger partial charge in [0.25, 0.3) is 5.91 Å². The lowest BCUT2D eigenvalue weighted by atomic mass is 10.1. The van der Waals surface area contributed by atoms with Crippen LogP contribution in [0.4, 0.5) is 0 Å². The third-order valence-electron chi connectivity index (χ3n) is 4.35. The highest BCUT2D eigenvalue weighted by Gasteiger charge is 2.25. The van der Waals surface area contributed by atoms with E-state index in [0.29, 0.717) is 23.8 Å². The van der Waals surface area contributed by atoms with Gasteiger partial charge in [0.15, 0.2) is 11.5 Å². The van der Waals surface area contributed by atoms with Crippen molar-refractivity contribution in [3.8, 4) is 17.2 Å². The molecule has 2 aromatic rings. The maximum absolute atomic E-state index is 12.7. The van der Waals surface area contributed by atoms with Gasteiger partial charge < -0.3 is 29.5 Å². The van der Waals surface area contributed by atoms with E-state index in [2.05, 4.69) is 5.32 Å². The number of aliphatic hydroxyl groups excluding tert-OH is 1. The zero-order chi connectivity index (χ0) is 21.4. The lowest BCUT2D eigenvalue weighted by Crippen LogP contribution is -2.49. The number of hydrogen-bond acceptors (Lipinski definition) is 6. The van der Waals surface area contributed by atoms with Gasteiger partial charge in [0.2, 0.25) is 11.7 Å². The van der Waals surface area contributed by atoms with Crippen LogP contribution < -0.4 is 19.5 Å². The molecule has 0 bridgehead atoms. The number of amides is 2. The molecule has 0 aliphatic heterocycles. The minimum absolute atomic E-state index is 0.205. The van der Waals surface area contributed by atoms with Crippen LogP contribution in [-0.2, 0) is 11.3 Å². The van der Waals surface area contributed by atoms with Gasteiger partial charge in [-0.1, -0.05) is 30.3 Å². The highest BCUT2D eigenvalue weighted by atomic mass is 16.5. The molecule has 156 valence electrons. The second-order valence-corrected chi connectivity index (χ2v) is 6.30. The van der Waals surface area contributed by atoms with Gasteiger partial charge in [-0.2, -0.15) is 0 Å². The molecular formula is C21H26N2O6. The Hall–Kier alpha value is -3.26. The summed E-state index contributed by atoms with van der Waals surface area (Å²) in [5.74, 6) is 0.0148. The van der Waals surface area contributed by atoms with Gasteiger partial charge in [0, 0.05) is 19.2 Å². The van der Waals surface area contributed by atoms with E-state index in [0.717, 1.165) is 5.56 Å². The maximum atomic E-state index is 12.7. The lowest BCUT2D eigenvalue weighted by Gasteiger charge is -2.23. The first-order valence-electron chi connectivity index (χ1n) is 8.95. The summed E-state index contributed by atoms with van der Waals surface area (Å²) < 4.78 is 15.7. The van der Waals surface area contributed by atoms with Crippen molar-refractivity contribution in [3.63, 3.8) is 0 Å². The number of aliphatic hydroxyl groups is 1. The Labute approximate surface area is 170 Å². The minimum atomic E-state index is -1.09. The number of likely N-dealkylation sites (N-methyl/N-ethyl adjacent to an activating group) is 1. The molecule has 29 heavy (non-hydrogen) atoms. The van der Waals surface area contributed by atoms with Gasteiger partial charge in [0.05, 0.1) is 27.9 Å². The van der Waals surface area contributed by atoms with Crippen molar-refractivity contribution in [1.82, 2.24) is 10.2 Å². The summed E-state index contributed by atoms with van der Waals surface area (Å²) in [5.41, 5.74) is 1.15. The predicted molar refractivity (Wildman–Crippen MR) is 107 cm³/mol. The molecule has 2 amide bonds. The summed E-state index contributed by atoms with van der Waals surface area (Å²) in [6.45, 7) is -0.176. The minimum Gasteiger partial charge on any atom is -0.493 e. The number of benzene rings is 2. The average Bonchev–Trinajstić information content (AvgIpc) is 2.76. The summed E-state index contributed by atoms with van der Waals surface area (Å²) in [6.07, 6.45) is 0. The van der Waals surface area contributed by atoms with E-state index in [1.54, 1.807) is 7.05 Å². The fourth-order valence-corrected chi connectivity index (χ4v) is 2.84. The van der Waals surface area contributed by atoms with Crippen LogP contribution in [0.1, 0.15) is 15.9 Å². The van der Waals surface area contributed by atoms with Gasteiger partial charge >= 0.3 is 0 Å². The van der Waals surface area contributed by atoms with Crippen LogP contribution in [0.25, 0.3) is 0 Å². The first-order valence-corrected chi connectivity index (χ1v) is 8.95. The molecular weight excluding hydrogens is 376 g/mol. The van der Waals surface area contributed by atoms with E-state index in [4.69, 9.17) is 14.2 Å². The van der Waals surface area contributed by atoms with Gasteiger partial charge in [-0.3, -0.25) is 9.59 Å². The van der Waals surface area contributed by atoms with Gasteiger partial charge in [-0.25, -0.2) is 0 Å². The molecule has 0 unspecified atom stereocenters. The number of carbonyl (C=O) groups is 2. The fourth-order valence-electron chi connectivity index (χ4n) is 2.84. The second-order valence-electron chi connectivity index (χ2n) is 6.30. The Balaban J connectivity index is 2.15. The lowest BCUT2D eigenvalue weighted by molar-refractivity contribution is -0.133. The van der Waals surface area contributed by atoms with Crippen LogP contribution in [0.15, 0.2) is 42.5 Å². The molecule has 0 aliphatic carbocycles. The number of methoxy groups -OCH3 is 3. The first-order chi connectivity index (χ1) is 13.9. The number of nitrogens with zero attached hydrogens (tertiary/aromatic N) is 1. The number of nitrogens with one attached hydrogen (secondary N) is 1. The molecule has 8 nitrogen and oxygen atoms in total. The van der Waals surface area contributed by atoms with E-state index in [1.807, 2.05) is 30.3 Å². The molecule has 0 aromatic heterocycles. The van der Waals surface area contributed by atoms with Crippen molar-refractivity contribution >= 4 is 11.8 Å².